The van der Waals surface area contributed by atoms with Crippen LogP contribution in [-0.2, 0) is 24.7 Å². The summed E-state index contributed by atoms with van der Waals surface area (Å²) in [5, 5.41) is 32.5. The molecule has 4 aliphatic rings. The van der Waals surface area contributed by atoms with Crippen LogP contribution < -0.4 is 10.0 Å². The summed E-state index contributed by atoms with van der Waals surface area (Å²) in [5.74, 6) is -4.34. The number of amides is 1. The van der Waals surface area contributed by atoms with Gasteiger partial charge in [0.25, 0.3) is 5.91 Å². The second kappa shape index (κ2) is 10.8. The second-order valence-corrected chi connectivity index (χ2v) is 14.9. The van der Waals surface area contributed by atoms with E-state index < -0.39 is 84.2 Å². The quantitative estimate of drug-likeness (QED) is 0.257. The molecule has 39 heavy (non-hydrogen) atoms. The lowest BCUT2D eigenvalue weighted by Crippen LogP contribution is -2.70. The molecule has 1 amide bonds. The van der Waals surface area contributed by atoms with Crippen LogP contribution in [-0.4, -0.2) is 79.3 Å². The van der Waals surface area contributed by atoms with E-state index in [1.54, 1.807) is 0 Å². The Balaban J connectivity index is 1.47. The van der Waals surface area contributed by atoms with Crippen molar-refractivity contribution in [2.24, 2.45) is 11.8 Å². The molecule has 1 aromatic rings. The van der Waals surface area contributed by atoms with Crippen LogP contribution in [0, 0.1) is 23.5 Å². The maximum atomic E-state index is 13.6. The fourth-order valence-corrected chi connectivity index (χ4v) is 8.72. The Hall–Kier alpha value is -1.94. The Morgan fingerprint density at radius 2 is 1.77 bits per heavy atom. The first-order valence-corrected chi connectivity index (χ1v) is 16.0. The van der Waals surface area contributed by atoms with Crippen LogP contribution in [0.3, 0.4) is 0 Å². The molecular weight excluding hydrogens is 582 g/mol. The van der Waals surface area contributed by atoms with Crippen LogP contribution >= 0.6 is 11.6 Å². The number of carbonyl (C=O) groups is 1. The van der Waals surface area contributed by atoms with Crippen LogP contribution in [0.15, 0.2) is 40.8 Å². The number of benzene rings is 1. The molecule has 5 atom stereocenters. The summed E-state index contributed by atoms with van der Waals surface area (Å²) in [6.45, 7) is -0.522. The van der Waals surface area contributed by atoms with Gasteiger partial charge in [0.1, 0.15) is 6.10 Å². The van der Waals surface area contributed by atoms with E-state index >= 15 is 0 Å². The zero-order chi connectivity index (χ0) is 28.9. The number of rotatable bonds is 9. The van der Waals surface area contributed by atoms with Gasteiger partial charge in [-0.05, 0) is 55.7 Å². The molecule has 0 spiro atoms. The number of hydrogen-bond donors (Lipinski definition) is 5. The van der Waals surface area contributed by atoms with Crippen molar-refractivity contribution < 1.29 is 45.7 Å². The first-order valence-electron chi connectivity index (χ1n) is 12.1. The van der Waals surface area contributed by atoms with Crippen molar-refractivity contribution in [2.75, 3.05) is 18.1 Å². The molecular formula is C24H29ClF2N2O8S2. The van der Waals surface area contributed by atoms with E-state index in [0.717, 1.165) is 30.5 Å². The standard InChI is InChI=1S/C24H29ClF2N2O8S2/c1-38(34,35)28-11-20(30)22(31)24(33)13-7-14(24)9-16(8-13)39(36,37)21-6-12(2-4-17(21)25)23(32)29-15-3-5-18(26)19(27)10-15/h2-3,5-6,10,13-14,16-17,20,22,28,30-31,33H,4,7-9,11H2,1H3,(H,29,32)/t13?,14?,16?,17?,20?,22-,24?/m0/s1. The molecule has 3 fully saturated rings. The molecule has 0 aliphatic heterocycles. The van der Waals surface area contributed by atoms with Crippen LogP contribution in [0.5, 0.6) is 0 Å². The monoisotopic (exact) mass is 610 g/mol. The Labute approximate surface area is 229 Å². The van der Waals surface area contributed by atoms with Crippen molar-refractivity contribution >= 4 is 43.1 Å². The number of carbonyl (C=O) groups excluding carboxylic acids is 1. The fraction of sp³-hybridized carbons (Fsp3) is 0.542. The summed E-state index contributed by atoms with van der Waals surface area (Å²) in [7, 11) is -7.71. The molecule has 216 valence electrons. The van der Waals surface area contributed by atoms with E-state index in [1.807, 2.05) is 0 Å². The average Bonchev–Trinajstić information content (AvgIpc) is 2.88. The Morgan fingerprint density at radius 3 is 2.36 bits per heavy atom. The van der Waals surface area contributed by atoms with Crippen LogP contribution in [0.25, 0.3) is 0 Å². The number of halogens is 3. The van der Waals surface area contributed by atoms with Crippen molar-refractivity contribution in [1.82, 2.24) is 4.72 Å². The molecule has 0 heterocycles. The Bertz CT molecular complexity index is 1420. The van der Waals surface area contributed by atoms with Gasteiger partial charge in [-0.15, -0.1) is 11.6 Å². The lowest BCUT2D eigenvalue weighted by molar-refractivity contribution is -0.250. The zero-order valence-corrected chi connectivity index (χ0v) is 23.1. The third kappa shape index (κ3) is 5.92. The molecule has 2 bridgehead atoms. The highest BCUT2D eigenvalue weighted by atomic mass is 35.5. The smallest absolute Gasteiger partial charge is 0.255 e. The number of aliphatic hydroxyl groups is 3. The third-order valence-electron chi connectivity index (χ3n) is 7.72. The number of fused-ring (bicyclic) bond motifs is 2. The first-order chi connectivity index (χ1) is 18.0. The van der Waals surface area contributed by atoms with Crippen LogP contribution in [0.4, 0.5) is 14.5 Å². The lowest BCUT2D eigenvalue weighted by atomic mass is 9.51. The minimum absolute atomic E-state index is 0.0227. The highest BCUT2D eigenvalue weighted by Gasteiger charge is 2.64. The summed E-state index contributed by atoms with van der Waals surface area (Å²) in [6.07, 6.45) is 0.496. The van der Waals surface area contributed by atoms with E-state index in [4.69, 9.17) is 11.6 Å². The minimum atomic E-state index is -4.06. The van der Waals surface area contributed by atoms with Crippen molar-refractivity contribution in [3.8, 4) is 0 Å². The maximum Gasteiger partial charge on any atom is 0.255 e. The summed E-state index contributed by atoms with van der Waals surface area (Å²) in [6, 6.07) is 2.79. The number of nitrogens with one attached hydrogen (secondary N) is 2. The number of hydrogen-bond acceptors (Lipinski definition) is 8. The first kappa shape index (κ1) is 30.0. The second-order valence-electron chi connectivity index (χ2n) is 10.3. The van der Waals surface area contributed by atoms with Crippen molar-refractivity contribution in [3.05, 3.63) is 52.5 Å². The number of allylic oxidation sites excluding steroid dienone is 2. The third-order valence-corrected chi connectivity index (χ3v) is 11.3. The van der Waals surface area contributed by atoms with E-state index in [2.05, 4.69) is 10.0 Å². The van der Waals surface area contributed by atoms with Crippen molar-refractivity contribution in [2.45, 2.75) is 54.1 Å². The summed E-state index contributed by atoms with van der Waals surface area (Å²) in [4.78, 5) is 12.5. The van der Waals surface area contributed by atoms with Gasteiger partial charge in [0.2, 0.25) is 10.0 Å². The number of sulfone groups is 1. The molecule has 0 saturated heterocycles. The molecule has 4 unspecified atom stereocenters. The van der Waals surface area contributed by atoms with Gasteiger partial charge in [0, 0.05) is 23.9 Å². The Morgan fingerprint density at radius 1 is 1.13 bits per heavy atom. The number of sulfonamides is 1. The molecule has 5 rings (SSSR count). The summed E-state index contributed by atoms with van der Waals surface area (Å²) < 4.78 is 78.5. The largest absolute Gasteiger partial charge is 0.389 e. The molecule has 1 aromatic carbocycles. The molecule has 3 saturated carbocycles. The van der Waals surface area contributed by atoms with Crippen LogP contribution in [0.2, 0.25) is 0 Å². The Kier molecular flexibility index (Phi) is 8.32. The maximum absolute atomic E-state index is 13.6. The highest BCUT2D eigenvalue weighted by molar-refractivity contribution is 7.96. The van der Waals surface area contributed by atoms with Gasteiger partial charge in [0.05, 0.1) is 33.5 Å². The normalized spacial score (nSPS) is 30.4. The van der Waals surface area contributed by atoms with Gasteiger partial charge in [-0.25, -0.2) is 30.3 Å². The average molecular weight is 611 g/mol. The fourth-order valence-electron chi connectivity index (χ4n) is 5.63. The van der Waals surface area contributed by atoms with Crippen molar-refractivity contribution in [1.29, 1.82) is 0 Å². The van der Waals surface area contributed by atoms with Gasteiger partial charge in [-0.1, -0.05) is 6.08 Å². The number of aliphatic hydroxyl groups excluding tert-OH is 2. The van der Waals surface area contributed by atoms with Gasteiger partial charge in [-0.3, -0.25) is 4.79 Å². The molecule has 0 radical (unpaired) electrons. The van der Waals surface area contributed by atoms with Crippen molar-refractivity contribution in [3.63, 3.8) is 0 Å². The SMILES string of the molecule is CS(=O)(=O)NCC(O)[C@H](O)C1(O)C2CC1CC(S(=O)(=O)C1=CC(C(=O)Nc3ccc(F)c(F)c3)=CCC1Cl)C2. The van der Waals surface area contributed by atoms with Crippen LogP contribution in [0.1, 0.15) is 25.7 Å². The van der Waals surface area contributed by atoms with E-state index in [0.29, 0.717) is 6.42 Å². The summed E-state index contributed by atoms with van der Waals surface area (Å²) in [5.41, 5.74) is -1.84. The molecule has 4 aliphatic carbocycles. The number of anilines is 1. The number of alkyl halides is 1. The van der Waals surface area contributed by atoms with E-state index in [9.17, 15) is 45.7 Å². The summed E-state index contributed by atoms with van der Waals surface area (Å²) >= 11 is 6.33. The topological polar surface area (TPSA) is 170 Å². The molecule has 0 aromatic heterocycles. The predicted octanol–water partition coefficient (Wildman–Crippen LogP) is 0.940. The van der Waals surface area contributed by atoms with E-state index in [1.165, 1.54) is 6.08 Å². The van der Waals surface area contributed by atoms with Gasteiger partial charge >= 0.3 is 0 Å². The highest BCUT2D eigenvalue weighted by Crippen LogP contribution is 2.57. The molecule has 10 nitrogen and oxygen atoms in total. The minimum Gasteiger partial charge on any atom is -0.389 e. The molecule has 15 heteroatoms. The zero-order valence-electron chi connectivity index (χ0n) is 20.7. The van der Waals surface area contributed by atoms with Gasteiger partial charge in [0.15, 0.2) is 21.5 Å². The molecule has 5 N–H and O–H groups in total. The predicted molar refractivity (Wildman–Crippen MR) is 139 cm³/mol. The van der Waals surface area contributed by atoms with Gasteiger partial charge in [-0.2, -0.15) is 0 Å². The lowest BCUT2D eigenvalue weighted by Gasteiger charge is -2.60. The van der Waals surface area contributed by atoms with E-state index in [-0.39, 0.29) is 35.4 Å². The van der Waals surface area contributed by atoms with Gasteiger partial charge < -0.3 is 20.6 Å².